The molecule has 0 radical (unpaired) electrons. The maximum atomic E-state index is 12.7. The Morgan fingerprint density at radius 2 is 2.05 bits per heavy atom. The summed E-state index contributed by atoms with van der Waals surface area (Å²) < 4.78 is 0.911. The van der Waals surface area contributed by atoms with Gasteiger partial charge in [0.05, 0.1) is 4.92 Å². The van der Waals surface area contributed by atoms with E-state index < -0.39 is 4.92 Å². The van der Waals surface area contributed by atoms with Crippen LogP contribution < -0.4 is 0 Å². The molecular weight excluding hydrogens is 418 g/mol. The van der Waals surface area contributed by atoms with Crippen molar-refractivity contribution in [1.29, 1.82) is 0 Å². The van der Waals surface area contributed by atoms with Crippen LogP contribution in [0.3, 0.4) is 0 Å². The SMILES string of the molecule is O=C(c1cccc([N+](=O)[O-])c1Br)c1c[nH]c2ncc(Br)cc12. The van der Waals surface area contributed by atoms with Crippen LogP contribution in [0.5, 0.6) is 0 Å². The van der Waals surface area contributed by atoms with E-state index in [0.717, 1.165) is 4.47 Å². The van der Waals surface area contributed by atoms with E-state index in [1.165, 1.54) is 12.1 Å². The van der Waals surface area contributed by atoms with Gasteiger partial charge in [0.25, 0.3) is 5.69 Å². The number of carbonyl (C=O) groups excluding carboxylic acids is 1. The summed E-state index contributed by atoms with van der Waals surface area (Å²) in [5.74, 6) is -0.318. The van der Waals surface area contributed by atoms with Crippen molar-refractivity contribution >= 4 is 54.4 Å². The molecule has 0 fully saturated rings. The molecule has 0 atom stereocenters. The summed E-state index contributed by atoms with van der Waals surface area (Å²) in [6, 6.07) is 6.15. The lowest BCUT2D eigenvalue weighted by Gasteiger charge is -2.03. The van der Waals surface area contributed by atoms with Gasteiger partial charge in [-0.1, -0.05) is 6.07 Å². The number of aromatic nitrogens is 2. The molecule has 6 nitrogen and oxygen atoms in total. The molecule has 0 aliphatic heterocycles. The summed E-state index contributed by atoms with van der Waals surface area (Å²) in [5.41, 5.74) is 1.07. The third-order valence-corrected chi connectivity index (χ3v) is 4.43. The van der Waals surface area contributed by atoms with Gasteiger partial charge in [0.2, 0.25) is 0 Å². The zero-order chi connectivity index (χ0) is 15.9. The molecule has 0 saturated heterocycles. The van der Waals surface area contributed by atoms with Gasteiger partial charge in [0.1, 0.15) is 10.1 Å². The van der Waals surface area contributed by atoms with Gasteiger partial charge < -0.3 is 4.98 Å². The number of pyridine rings is 1. The van der Waals surface area contributed by atoms with Gasteiger partial charge in [-0.2, -0.15) is 0 Å². The summed E-state index contributed by atoms with van der Waals surface area (Å²) in [7, 11) is 0. The summed E-state index contributed by atoms with van der Waals surface area (Å²) in [6.45, 7) is 0. The Labute approximate surface area is 141 Å². The van der Waals surface area contributed by atoms with Crippen LogP contribution in [0.15, 0.2) is 45.6 Å². The van der Waals surface area contributed by atoms with Crippen LogP contribution >= 0.6 is 31.9 Å². The summed E-state index contributed by atoms with van der Waals surface area (Å²) in [6.07, 6.45) is 3.17. The largest absolute Gasteiger partial charge is 0.345 e. The van der Waals surface area contributed by atoms with Crippen molar-refractivity contribution in [1.82, 2.24) is 9.97 Å². The second kappa shape index (κ2) is 5.62. The van der Waals surface area contributed by atoms with Crippen molar-refractivity contribution in [2.75, 3.05) is 0 Å². The number of fused-ring (bicyclic) bond motifs is 1. The lowest BCUT2D eigenvalue weighted by Crippen LogP contribution is -2.03. The Kier molecular flexibility index (Phi) is 3.79. The molecule has 3 rings (SSSR count). The second-order valence-corrected chi connectivity index (χ2v) is 6.19. The number of nitro benzene ring substituents is 1. The molecule has 0 unspecified atom stereocenters. The average molecular weight is 425 g/mol. The molecule has 0 spiro atoms. The van der Waals surface area contributed by atoms with E-state index in [1.807, 2.05) is 0 Å². The number of hydrogen-bond donors (Lipinski definition) is 1. The quantitative estimate of drug-likeness (QED) is 0.387. The zero-order valence-electron chi connectivity index (χ0n) is 10.8. The maximum Gasteiger partial charge on any atom is 0.284 e. The Morgan fingerprint density at radius 1 is 1.27 bits per heavy atom. The van der Waals surface area contributed by atoms with Crippen molar-refractivity contribution in [3.63, 3.8) is 0 Å². The highest BCUT2D eigenvalue weighted by molar-refractivity contribution is 9.11. The molecule has 110 valence electrons. The van der Waals surface area contributed by atoms with Gasteiger partial charge in [-0.25, -0.2) is 4.98 Å². The van der Waals surface area contributed by atoms with E-state index in [0.29, 0.717) is 16.6 Å². The van der Waals surface area contributed by atoms with Gasteiger partial charge in [-0.3, -0.25) is 14.9 Å². The molecule has 2 heterocycles. The van der Waals surface area contributed by atoms with Gasteiger partial charge in [0, 0.05) is 39.4 Å². The molecule has 0 saturated carbocycles. The highest BCUT2D eigenvalue weighted by atomic mass is 79.9. The standard InChI is InChI=1S/C14H7Br2N3O3/c15-7-4-9-10(6-18-14(9)17-5-7)13(20)8-2-1-3-11(12(8)16)19(21)22/h1-6H,(H,17,18). The van der Waals surface area contributed by atoms with Gasteiger partial charge >= 0.3 is 0 Å². The minimum atomic E-state index is -0.533. The van der Waals surface area contributed by atoms with Crippen molar-refractivity contribution in [2.45, 2.75) is 0 Å². The van der Waals surface area contributed by atoms with E-state index in [4.69, 9.17) is 0 Å². The smallest absolute Gasteiger partial charge is 0.284 e. The van der Waals surface area contributed by atoms with E-state index in [1.54, 1.807) is 24.5 Å². The molecule has 0 amide bonds. The number of nitrogens with one attached hydrogen (secondary N) is 1. The molecule has 8 heteroatoms. The van der Waals surface area contributed by atoms with Crippen LogP contribution in [-0.4, -0.2) is 20.7 Å². The third-order valence-electron chi connectivity index (χ3n) is 3.16. The van der Waals surface area contributed by atoms with E-state index in [2.05, 4.69) is 41.8 Å². The number of aromatic amines is 1. The number of H-pyrrole nitrogens is 1. The van der Waals surface area contributed by atoms with Crippen LogP contribution in [0.1, 0.15) is 15.9 Å². The fraction of sp³-hybridized carbons (Fsp3) is 0. The van der Waals surface area contributed by atoms with E-state index in [-0.39, 0.29) is 21.5 Å². The normalized spacial score (nSPS) is 10.8. The molecule has 22 heavy (non-hydrogen) atoms. The van der Waals surface area contributed by atoms with Crippen LogP contribution in [0, 0.1) is 10.1 Å². The van der Waals surface area contributed by atoms with Crippen LogP contribution in [0.4, 0.5) is 5.69 Å². The lowest BCUT2D eigenvalue weighted by atomic mass is 10.0. The number of nitro groups is 1. The first-order valence-corrected chi connectivity index (χ1v) is 7.68. The number of ketones is 1. The predicted octanol–water partition coefficient (Wildman–Crippen LogP) is 4.23. The summed E-state index contributed by atoms with van der Waals surface area (Å²) in [5, 5.41) is 11.6. The molecule has 0 aliphatic carbocycles. The highest BCUT2D eigenvalue weighted by Gasteiger charge is 2.22. The lowest BCUT2D eigenvalue weighted by molar-refractivity contribution is -0.385. The monoisotopic (exact) mass is 423 g/mol. The molecule has 0 aliphatic rings. The minimum absolute atomic E-state index is 0.148. The maximum absolute atomic E-state index is 12.7. The Morgan fingerprint density at radius 3 is 2.77 bits per heavy atom. The summed E-state index contributed by atoms with van der Waals surface area (Å²) >= 11 is 6.46. The molecule has 1 aromatic carbocycles. The number of rotatable bonds is 3. The van der Waals surface area contributed by atoms with Crippen LogP contribution in [-0.2, 0) is 0 Å². The summed E-state index contributed by atoms with van der Waals surface area (Å²) in [4.78, 5) is 30.3. The first kappa shape index (κ1) is 14.9. The predicted molar refractivity (Wildman–Crippen MR) is 88.0 cm³/mol. The Hall–Kier alpha value is -2.06. The topological polar surface area (TPSA) is 88.9 Å². The average Bonchev–Trinajstić information content (AvgIpc) is 2.89. The van der Waals surface area contributed by atoms with Crippen LogP contribution in [0.2, 0.25) is 0 Å². The third kappa shape index (κ3) is 2.44. The Bertz CT molecular complexity index is 921. The molecule has 0 bridgehead atoms. The molecule has 1 N–H and O–H groups in total. The first-order valence-electron chi connectivity index (χ1n) is 6.09. The van der Waals surface area contributed by atoms with Crippen molar-refractivity contribution < 1.29 is 9.72 Å². The fourth-order valence-corrected chi connectivity index (χ4v) is 3.07. The number of hydrogen-bond acceptors (Lipinski definition) is 4. The molecular formula is C14H7Br2N3O3. The fourth-order valence-electron chi connectivity index (χ4n) is 2.15. The molecule has 2 aromatic heterocycles. The highest BCUT2D eigenvalue weighted by Crippen LogP contribution is 2.31. The number of halogens is 2. The Balaban J connectivity index is 2.16. The van der Waals surface area contributed by atoms with Crippen LogP contribution in [0.25, 0.3) is 11.0 Å². The minimum Gasteiger partial charge on any atom is -0.345 e. The number of carbonyl (C=O) groups is 1. The second-order valence-electron chi connectivity index (χ2n) is 4.48. The van der Waals surface area contributed by atoms with Crippen molar-refractivity contribution in [3.8, 4) is 0 Å². The van der Waals surface area contributed by atoms with Gasteiger partial charge in [-0.05, 0) is 44.0 Å². The molecule has 3 aromatic rings. The number of nitrogens with zero attached hydrogens (tertiary/aromatic N) is 2. The van der Waals surface area contributed by atoms with Crippen molar-refractivity contribution in [3.05, 3.63) is 66.8 Å². The first-order chi connectivity index (χ1) is 10.5. The van der Waals surface area contributed by atoms with E-state index >= 15 is 0 Å². The number of benzene rings is 1. The van der Waals surface area contributed by atoms with Gasteiger partial charge in [-0.15, -0.1) is 0 Å². The zero-order valence-corrected chi connectivity index (χ0v) is 14.0. The van der Waals surface area contributed by atoms with E-state index in [9.17, 15) is 14.9 Å². The van der Waals surface area contributed by atoms with Crippen molar-refractivity contribution in [2.24, 2.45) is 0 Å². The van der Waals surface area contributed by atoms with Gasteiger partial charge in [0.15, 0.2) is 5.78 Å².